The SMILES string of the molecule is NC(CC1=CCc2ccccc21)C(=O)Cc1ccccc1. The third-order valence-electron chi connectivity index (χ3n) is 4.01. The first-order valence-electron chi connectivity index (χ1n) is 7.33. The Labute approximate surface area is 125 Å². The average molecular weight is 277 g/mol. The average Bonchev–Trinajstić information content (AvgIpc) is 2.91. The van der Waals surface area contributed by atoms with Crippen LogP contribution in [0.2, 0.25) is 0 Å². The first-order chi connectivity index (χ1) is 10.2. The second kappa shape index (κ2) is 6.06. The lowest BCUT2D eigenvalue weighted by atomic mass is 9.95. The van der Waals surface area contributed by atoms with E-state index in [0.717, 1.165) is 12.0 Å². The molecule has 0 spiro atoms. The summed E-state index contributed by atoms with van der Waals surface area (Å²) in [5.41, 5.74) is 10.9. The lowest BCUT2D eigenvalue weighted by molar-refractivity contribution is -0.119. The van der Waals surface area contributed by atoms with Crippen LogP contribution in [0.4, 0.5) is 0 Å². The molecule has 106 valence electrons. The van der Waals surface area contributed by atoms with Crippen molar-refractivity contribution in [1.29, 1.82) is 0 Å². The highest BCUT2D eigenvalue weighted by Gasteiger charge is 2.20. The molecule has 0 fully saturated rings. The van der Waals surface area contributed by atoms with Crippen LogP contribution in [0.1, 0.15) is 23.1 Å². The van der Waals surface area contributed by atoms with Crippen LogP contribution in [0, 0.1) is 0 Å². The third kappa shape index (κ3) is 3.11. The minimum absolute atomic E-state index is 0.103. The topological polar surface area (TPSA) is 43.1 Å². The highest BCUT2D eigenvalue weighted by Crippen LogP contribution is 2.30. The normalized spacial score (nSPS) is 14.4. The van der Waals surface area contributed by atoms with Crippen molar-refractivity contribution in [1.82, 2.24) is 0 Å². The largest absolute Gasteiger partial charge is 0.321 e. The van der Waals surface area contributed by atoms with Crippen LogP contribution in [-0.4, -0.2) is 11.8 Å². The first-order valence-corrected chi connectivity index (χ1v) is 7.33. The summed E-state index contributed by atoms with van der Waals surface area (Å²) >= 11 is 0. The van der Waals surface area contributed by atoms with Crippen molar-refractivity contribution in [3.63, 3.8) is 0 Å². The monoisotopic (exact) mass is 277 g/mol. The van der Waals surface area contributed by atoms with Gasteiger partial charge in [-0.2, -0.15) is 0 Å². The molecule has 1 aliphatic rings. The van der Waals surface area contributed by atoms with Gasteiger partial charge in [-0.25, -0.2) is 0 Å². The molecule has 0 saturated heterocycles. The predicted octanol–water partition coefficient (Wildman–Crippen LogP) is 3.16. The van der Waals surface area contributed by atoms with Gasteiger partial charge in [0.2, 0.25) is 0 Å². The molecule has 2 heteroatoms. The van der Waals surface area contributed by atoms with E-state index in [4.69, 9.17) is 5.73 Å². The Morgan fingerprint density at radius 1 is 1.05 bits per heavy atom. The summed E-state index contributed by atoms with van der Waals surface area (Å²) in [6, 6.07) is 17.7. The molecule has 2 N–H and O–H groups in total. The summed E-state index contributed by atoms with van der Waals surface area (Å²) in [6.45, 7) is 0. The molecule has 0 bridgehead atoms. The summed E-state index contributed by atoms with van der Waals surface area (Å²) in [7, 11) is 0. The molecular weight excluding hydrogens is 258 g/mol. The van der Waals surface area contributed by atoms with Crippen molar-refractivity contribution in [2.45, 2.75) is 25.3 Å². The Hall–Kier alpha value is -2.19. The second-order valence-corrected chi connectivity index (χ2v) is 5.53. The fourth-order valence-corrected chi connectivity index (χ4v) is 2.83. The van der Waals surface area contributed by atoms with Gasteiger partial charge < -0.3 is 5.73 Å². The van der Waals surface area contributed by atoms with E-state index in [0.29, 0.717) is 12.8 Å². The van der Waals surface area contributed by atoms with E-state index in [1.807, 2.05) is 36.4 Å². The molecule has 1 atom stereocenters. The summed E-state index contributed by atoms with van der Waals surface area (Å²) in [5, 5.41) is 0. The molecule has 2 nitrogen and oxygen atoms in total. The fourth-order valence-electron chi connectivity index (χ4n) is 2.83. The van der Waals surface area contributed by atoms with Crippen LogP contribution in [0.15, 0.2) is 60.7 Å². The molecule has 3 rings (SSSR count). The zero-order chi connectivity index (χ0) is 14.7. The van der Waals surface area contributed by atoms with E-state index in [-0.39, 0.29) is 5.78 Å². The molecule has 2 aromatic carbocycles. The van der Waals surface area contributed by atoms with Gasteiger partial charge in [0, 0.05) is 6.42 Å². The Morgan fingerprint density at radius 3 is 2.57 bits per heavy atom. The van der Waals surface area contributed by atoms with Gasteiger partial charge in [-0.05, 0) is 35.1 Å². The van der Waals surface area contributed by atoms with Gasteiger partial charge in [0.25, 0.3) is 0 Å². The number of allylic oxidation sites excluding steroid dienone is 1. The van der Waals surface area contributed by atoms with Crippen molar-refractivity contribution >= 4 is 11.4 Å². The van der Waals surface area contributed by atoms with E-state index in [2.05, 4.69) is 24.3 Å². The van der Waals surface area contributed by atoms with Crippen molar-refractivity contribution in [3.05, 3.63) is 77.4 Å². The Kier molecular flexibility index (Phi) is 3.98. The Bertz CT molecular complexity index is 673. The number of Topliss-reactive ketones (excluding diaryl/α,β-unsaturated/α-hetero) is 1. The summed E-state index contributed by atoms with van der Waals surface area (Å²) in [6.07, 6.45) is 4.19. The van der Waals surface area contributed by atoms with Crippen LogP contribution in [0.5, 0.6) is 0 Å². The number of hydrogen-bond donors (Lipinski definition) is 1. The molecule has 1 unspecified atom stereocenters. The fraction of sp³-hybridized carbons (Fsp3) is 0.211. The van der Waals surface area contributed by atoms with Crippen LogP contribution >= 0.6 is 0 Å². The number of benzene rings is 2. The quantitative estimate of drug-likeness (QED) is 0.912. The maximum atomic E-state index is 12.3. The Morgan fingerprint density at radius 2 is 1.76 bits per heavy atom. The number of carbonyl (C=O) groups is 1. The van der Waals surface area contributed by atoms with Gasteiger partial charge >= 0.3 is 0 Å². The lowest BCUT2D eigenvalue weighted by Gasteiger charge is -2.12. The molecule has 0 heterocycles. The van der Waals surface area contributed by atoms with Gasteiger partial charge in [0.15, 0.2) is 5.78 Å². The smallest absolute Gasteiger partial charge is 0.154 e. The number of nitrogens with two attached hydrogens (primary N) is 1. The summed E-state index contributed by atoms with van der Waals surface area (Å²) < 4.78 is 0. The lowest BCUT2D eigenvalue weighted by Crippen LogP contribution is -2.31. The second-order valence-electron chi connectivity index (χ2n) is 5.53. The molecule has 1 aliphatic carbocycles. The number of fused-ring (bicyclic) bond motifs is 1. The Balaban J connectivity index is 1.65. The molecule has 0 saturated carbocycles. The van der Waals surface area contributed by atoms with Crippen molar-refractivity contribution in [3.8, 4) is 0 Å². The van der Waals surface area contributed by atoms with Crippen LogP contribution in [0.3, 0.4) is 0 Å². The van der Waals surface area contributed by atoms with Gasteiger partial charge in [-0.15, -0.1) is 0 Å². The van der Waals surface area contributed by atoms with E-state index in [1.165, 1.54) is 16.7 Å². The zero-order valence-electron chi connectivity index (χ0n) is 12.0. The van der Waals surface area contributed by atoms with E-state index >= 15 is 0 Å². The minimum Gasteiger partial charge on any atom is -0.321 e. The van der Waals surface area contributed by atoms with Gasteiger partial charge in [-0.1, -0.05) is 60.7 Å². The molecule has 0 aliphatic heterocycles. The van der Waals surface area contributed by atoms with E-state index in [1.54, 1.807) is 0 Å². The molecule has 21 heavy (non-hydrogen) atoms. The maximum absolute atomic E-state index is 12.3. The van der Waals surface area contributed by atoms with Gasteiger partial charge in [-0.3, -0.25) is 4.79 Å². The molecule has 0 aromatic heterocycles. The predicted molar refractivity (Wildman–Crippen MR) is 85.9 cm³/mol. The third-order valence-corrected chi connectivity index (χ3v) is 4.01. The number of rotatable bonds is 5. The summed E-state index contributed by atoms with van der Waals surface area (Å²) in [4.78, 5) is 12.3. The number of ketones is 1. The van der Waals surface area contributed by atoms with Crippen LogP contribution < -0.4 is 5.73 Å². The number of carbonyl (C=O) groups excluding carboxylic acids is 1. The van der Waals surface area contributed by atoms with Crippen molar-refractivity contribution in [2.24, 2.45) is 5.73 Å². The van der Waals surface area contributed by atoms with E-state index < -0.39 is 6.04 Å². The number of hydrogen-bond acceptors (Lipinski definition) is 2. The van der Waals surface area contributed by atoms with Crippen molar-refractivity contribution < 1.29 is 4.79 Å². The first kappa shape index (κ1) is 13.8. The van der Waals surface area contributed by atoms with Gasteiger partial charge in [0.1, 0.15) is 0 Å². The van der Waals surface area contributed by atoms with Crippen molar-refractivity contribution in [2.75, 3.05) is 0 Å². The van der Waals surface area contributed by atoms with Crippen LogP contribution in [-0.2, 0) is 17.6 Å². The molecular formula is C19H19NO. The standard InChI is InChI=1S/C19H19NO/c20-18(19(21)12-14-6-2-1-3-7-14)13-16-11-10-15-8-4-5-9-17(15)16/h1-9,11,18H,10,12-13,20H2. The van der Waals surface area contributed by atoms with E-state index in [9.17, 15) is 4.79 Å². The maximum Gasteiger partial charge on any atom is 0.154 e. The highest BCUT2D eigenvalue weighted by atomic mass is 16.1. The van der Waals surface area contributed by atoms with Gasteiger partial charge in [0.05, 0.1) is 6.04 Å². The molecule has 2 aromatic rings. The highest BCUT2D eigenvalue weighted by molar-refractivity contribution is 5.88. The van der Waals surface area contributed by atoms with Crippen LogP contribution in [0.25, 0.3) is 5.57 Å². The summed E-state index contributed by atoms with van der Waals surface area (Å²) in [5.74, 6) is 0.103. The molecule has 0 amide bonds. The zero-order valence-corrected chi connectivity index (χ0v) is 12.0. The minimum atomic E-state index is -0.428. The molecule has 0 radical (unpaired) electrons.